The van der Waals surface area contributed by atoms with Gasteiger partial charge in [-0.25, -0.2) is 14.8 Å². The van der Waals surface area contributed by atoms with Crippen LogP contribution in [0.2, 0.25) is 0 Å². The minimum atomic E-state index is -1.16. The van der Waals surface area contributed by atoms with E-state index in [1.165, 1.54) is 6.20 Å². The molecule has 11 nitrogen and oxygen atoms in total. The summed E-state index contributed by atoms with van der Waals surface area (Å²) in [5.74, 6) is -1.38. The van der Waals surface area contributed by atoms with E-state index in [-0.39, 0.29) is 41.3 Å². The van der Waals surface area contributed by atoms with Crippen molar-refractivity contribution >= 4 is 34.5 Å². The number of aromatic nitrogens is 3. The molecule has 5 rings (SSSR count). The van der Waals surface area contributed by atoms with Gasteiger partial charge >= 0.3 is 5.97 Å². The number of hydrogen-bond acceptors (Lipinski definition) is 7. The number of benzene rings is 2. The van der Waals surface area contributed by atoms with Gasteiger partial charge in [0, 0.05) is 19.3 Å². The Morgan fingerprint density at radius 1 is 1.11 bits per heavy atom. The van der Waals surface area contributed by atoms with Crippen LogP contribution in [0.4, 0.5) is 5.69 Å². The van der Waals surface area contributed by atoms with Crippen LogP contribution >= 0.6 is 0 Å². The van der Waals surface area contributed by atoms with Crippen LogP contribution < -0.4 is 21.1 Å². The molecule has 0 saturated carbocycles. The molecule has 0 atom stereocenters. The summed E-state index contributed by atoms with van der Waals surface area (Å²) in [5.41, 5.74) is 10.5. The highest BCUT2D eigenvalue weighted by atomic mass is 16.5. The van der Waals surface area contributed by atoms with Gasteiger partial charge in [0.25, 0.3) is 11.8 Å². The van der Waals surface area contributed by atoms with Crippen molar-refractivity contribution in [2.24, 2.45) is 5.73 Å². The summed E-state index contributed by atoms with van der Waals surface area (Å²) in [5, 5.41) is 15.0. The number of amides is 2. The van der Waals surface area contributed by atoms with Crippen molar-refractivity contribution < 1.29 is 24.2 Å². The van der Waals surface area contributed by atoms with Crippen molar-refractivity contribution in [3.63, 3.8) is 0 Å². The maximum Gasteiger partial charge on any atom is 0.339 e. The molecule has 0 spiro atoms. The average molecular weight is 486 g/mol. The SMILES string of the molecule is NCc1ccccc1Cc1cc2c(cc1CNC(=O)c1ncnc3c(C(=O)O)c[nH]c13)NC(=O)CO2. The molecule has 36 heavy (non-hydrogen) atoms. The number of fused-ring (bicyclic) bond motifs is 2. The Hall–Kier alpha value is -4.77. The van der Waals surface area contributed by atoms with E-state index in [1.807, 2.05) is 30.3 Å². The van der Waals surface area contributed by atoms with Crippen LogP contribution in [-0.2, 0) is 24.3 Å². The number of aromatic amines is 1. The van der Waals surface area contributed by atoms with Gasteiger partial charge < -0.3 is 31.2 Å². The first kappa shape index (κ1) is 23.0. The van der Waals surface area contributed by atoms with Gasteiger partial charge in [0.15, 0.2) is 12.3 Å². The summed E-state index contributed by atoms with van der Waals surface area (Å²) in [7, 11) is 0. The Morgan fingerprint density at radius 3 is 2.69 bits per heavy atom. The topological polar surface area (TPSA) is 172 Å². The molecule has 3 heterocycles. The van der Waals surface area contributed by atoms with Gasteiger partial charge in [-0.15, -0.1) is 0 Å². The third-order valence-electron chi connectivity index (χ3n) is 6.00. The van der Waals surface area contributed by atoms with Crippen LogP contribution in [0.25, 0.3) is 11.0 Å². The highest BCUT2D eigenvalue weighted by molar-refractivity contribution is 6.08. The Kier molecular flexibility index (Phi) is 6.05. The van der Waals surface area contributed by atoms with E-state index >= 15 is 0 Å². The highest BCUT2D eigenvalue weighted by Crippen LogP contribution is 2.33. The van der Waals surface area contributed by atoms with Gasteiger partial charge in [0.05, 0.1) is 11.2 Å². The number of nitrogens with one attached hydrogen (secondary N) is 3. The summed E-state index contributed by atoms with van der Waals surface area (Å²) < 4.78 is 5.60. The van der Waals surface area contributed by atoms with E-state index < -0.39 is 11.9 Å². The van der Waals surface area contributed by atoms with Crippen molar-refractivity contribution in [1.29, 1.82) is 0 Å². The fourth-order valence-corrected chi connectivity index (χ4v) is 4.21. The lowest BCUT2D eigenvalue weighted by Gasteiger charge is -2.22. The number of nitrogens with zero attached hydrogens (tertiary/aromatic N) is 2. The number of carbonyl (C=O) groups is 3. The number of nitrogens with two attached hydrogens (primary N) is 1. The van der Waals surface area contributed by atoms with Crippen LogP contribution in [-0.4, -0.2) is 44.4 Å². The maximum atomic E-state index is 13.0. The van der Waals surface area contributed by atoms with E-state index in [9.17, 15) is 19.5 Å². The molecule has 11 heteroatoms. The predicted molar refractivity (Wildman–Crippen MR) is 130 cm³/mol. The van der Waals surface area contributed by atoms with Crippen LogP contribution in [0, 0.1) is 0 Å². The van der Waals surface area contributed by atoms with Gasteiger partial charge in [-0.05, 0) is 40.8 Å². The van der Waals surface area contributed by atoms with Gasteiger partial charge in [-0.3, -0.25) is 9.59 Å². The van der Waals surface area contributed by atoms with Crippen molar-refractivity contribution in [2.45, 2.75) is 19.5 Å². The van der Waals surface area contributed by atoms with E-state index in [4.69, 9.17) is 10.5 Å². The van der Waals surface area contributed by atoms with Gasteiger partial charge in [-0.2, -0.15) is 0 Å². The third-order valence-corrected chi connectivity index (χ3v) is 6.00. The summed E-state index contributed by atoms with van der Waals surface area (Å²) in [6, 6.07) is 11.5. The normalized spacial score (nSPS) is 12.5. The zero-order valence-corrected chi connectivity index (χ0v) is 19.0. The maximum absolute atomic E-state index is 13.0. The Bertz CT molecular complexity index is 1510. The lowest BCUT2D eigenvalue weighted by molar-refractivity contribution is -0.118. The van der Waals surface area contributed by atoms with Crippen LogP contribution in [0.3, 0.4) is 0 Å². The monoisotopic (exact) mass is 486 g/mol. The van der Waals surface area contributed by atoms with Gasteiger partial charge in [0.2, 0.25) is 0 Å². The predicted octanol–water partition coefficient (Wildman–Crippen LogP) is 1.97. The smallest absolute Gasteiger partial charge is 0.339 e. The molecular formula is C25H22N6O5. The molecule has 4 aromatic rings. The highest BCUT2D eigenvalue weighted by Gasteiger charge is 2.22. The number of aromatic carboxylic acids is 1. The minimum absolute atomic E-state index is 0.0251. The molecule has 0 saturated heterocycles. The molecule has 0 fully saturated rings. The number of carbonyl (C=O) groups excluding carboxylic acids is 2. The molecule has 0 unspecified atom stereocenters. The van der Waals surface area contributed by atoms with Crippen molar-refractivity contribution in [1.82, 2.24) is 20.3 Å². The van der Waals surface area contributed by atoms with Gasteiger partial charge in [0.1, 0.15) is 23.2 Å². The number of H-pyrrole nitrogens is 1. The molecule has 2 aromatic heterocycles. The minimum Gasteiger partial charge on any atom is -0.482 e. The largest absolute Gasteiger partial charge is 0.482 e. The van der Waals surface area contributed by atoms with E-state index in [0.29, 0.717) is 24.4 Å². The van der Waals surface area contributed by atoms with Crippen LogP contribution in [0.15, 0.2) is 48.9 Å². The van der Waals surface area contributed by atoms with Crippen molar-refractivity contribution in [2.75, 3.05) is 11.9 Å². The molecule has 0 aliphatic carbocycles. The quantitative estimate of drug-likeness (QED) is 0.264. The van der Waals surface area contributed by atoms with Crippen molar-refractivity contribution in [3.8, 4) is 5.75 Å². The summed E-state index contributed by atoms with van der Waals surface area (Å²) in [6.45, 7) is 0.443. The molecule has 1 aliphatic heterocycles. The summed E-state index contributed by atoms with van der Waals surface area (Å²) >= 11 is 0. The zero-order valence-electron chi connectivity index (χ0n) is 19.0. The summed E-state index contributed by atoms with van der Waals surface area (Å²) in [6.07, 6.45) is 2.97. The second-order valence-corrected chi connectivity index (χ2v) is 8.24. The molecule has 2 aromatic carbocycles. The second kappa shape index (κ2) is 9.47. The molecular weight excluding hydrogens is 464 g/mol. The number of hydrogen-bond donors (Lipinski definition) is 5. The van der Waals surface area contributed by atoms with E-state index in [1.54, 1.807) is 6.07 Å². The number of rotatable bonds is 7. The zero-order chi connectivity index (χ0) is 25.2. The third kappa shape index (κ3) is 4.34. The van der Waals surface area contributed by atoms with Crippen molar-refractivity contribution in [3.05, 3.63) is 82.4 Å². The fraction of sp³-hybridized carbons (Fsp3) is 0.160. The van der Waals surface area contributed by atoms with E-state index in [2.05, 4.69) is 25.6 Å². The first-order valence-electron chi connectivity index (χ1n) is 11.1. The average Bonchev–Trinajstić information content (AvgIpc) is 3.32. The number of carboxylic acid groups (broad SMARTS) is 1. The summed E-state index contributed by atoms with van der Waals surface area (Å²) in [4.78, 5) is 47.1. The lowest BCUT2D eigenvalue weighted by Crippen LogP contribution is -2.27. The second-order valence-electron chi connectivity index (χ2n) is 8.24. The number of anilines is 1. The van der Waals surface area contributed by atoms with E-state index in [0.717, 1.165) is 28.6 Å². The first-order valence-corrected chi connectivity index (χ1v) is 11.1. The Morgan fingerprint density at radius 2 is 1.92 bits per heavy atom. The lowest BCUT2D eigenvalue weighted by atomic mass is 9.95. The molecule has 1 aliphatic rings. The Labute approximate surface area is 204 Å². The molecule has 0 bridgehead atoms. The molecule has 2 amide bonds. The van der Waals surface area contributed by atoms with Gasteiger partial charge in [-0.1, -0.05) is 24.3 Å². The molecule has 182 valence electrons. The van der Waals surface area contributed by atoms with Crippen LogP contribution in [0.1, 0.15) is 43.1 Å². The Balaban J connectivity index is 1.46. The number of carboxylic acids is 1. The first-order chi connectivity index (χ1) is 17.4. The number of ether oxygens (including phenoxy) is 1. The standard InChI is InChI=1S/C25H22N6O5/c26-8-14-4-2-1-3-13(14)5-15-7-19-18(31-20(32)11-36-19)6-16(15)9-28-24(33)23-22-21(29-12-30-23)17(10-27-22)25(34)35/h1-4,6-7,10,12,27H,5,8-9,11,26H2,(H,28,33)(H,31,32)(H,34,35). The molecule has 6 N–H and O–H groups in total. The van der Waals surface area contributed by atoms with Crippen LogP contribution in [0.5, 0.6) is 5.75 Å². The fourth-order valence-electron chi connectivity index (χ4n) is 4.21. The molecule has 0 radical (unpaired) electrons.